The van der Waals surface area contributed by atoms with Crippen molar-refractivity contribution in [3.63, 3.8) is 0 Å². The fourth-order valence-electron chi connectivity index (χ4n) is 1.10. The fourth-order valence-corrected chi connectivity index (χ4v) is 1.10. The summed E-state index contributed by atoms with van der Waals surface area (Å²) in [5.41, 5.74) is 6.74. The molecular formula is C14H25N. The smallest absolute Gasteiger partial charge is 0.00175 e. The highest BCUT2D eigenvalue weighted by molar-refractivity contribution is 5.40. The topological polar surface area (TPSA) is 26.0 Å². The van der Waals surface area contributed by atoms with Crippen molar-refractivity contribution in [2.45, 2.75) is 41.5 Å². The normalized spacial score (nSPS) is 9.33. The summed E-state index contributed by atoms with van der Waals surface area (Å²) in [5, 5.41) is 2.34. The van der Waals surface area contributed by atoms with Crippen LogP contribution in [0.4, 0.5) is 0 Å². The summed E-state index contributed by atoms with van der Waals surface area (Å²) in [4.78, 5) is 0. The van der Waals surface area contributed by atoms with Crippen molar-refractivity contribution in [2.24, 2.45) is 5.73 Å². The van der Waals surface area contributed by atoms with E-state index in [4.69, 9.17) is 5.73 Å². The molecule has 0 heterocycles. The molecule has 0 fully saturated rings. The van der Waals surface area contributed by atoms with Crippen molar-refractivity contribution >= 4 is 11.8 Å². The van der Waals surface area contributed by atoms with Gasteiger partial charge in [0.25, 0.3) is 0 Å². The molecule has 0 amide bonds. The number of hydrogen-bond donors (Lipinski definition) is 1. The highest BCUT2D eigenvalue weighted by atomic mass is 14.5. The molecule has 0 aliphatic heterocycles. The first-order valence-electron chi connectivity index (χ1n) is 5.70. The Morgan fingerprint density at radius 1 is 1.00 bits per heavy atom. The molecule has 1 heteroatoms. The van der Waals surface area contributed by atoms with Gasteiger partial charge in [0, 0.05) is 6.20 Å². The van der Waals surface area contributed by atoms with Gasteiger partial charge in [-0.1, -0.05) is 57.5 Å². The lowest BCUT2D eigenvalue weighted by atomic mass is 10.2. The van der Waals surface area contributed by atoms with E-state index in [1.807, 2.05) is 45.9 Å². The number of nitrogens with two attached hydrogens (primary N) is 1. The second-order valence-electron chi connectivity index (χ2n) is 2.75. The highest BCUT2D eigenvalue weighted by Gasteiger charge is 1.83. The third kappa shape index (κ3) is 5.95. The molecule has 1 nitrogen and oxygen atoms in total. The zero-order chi connectivity index (χ0) is 12.3. The van der Waals surface area contributed by atoms with Crippen LogP contribution in [0.25, 0.3) is 11.8 Å². The van der Waals surface area contributed by atoms with Crippen LogP contribution in [0.2, 0.25) is 0 Å². The zero-order valence-electron chi connectivity index (χ0n) is 11.0. The molecule has 0 atom stereocenters. The van der Waals surface area contributed by atoms with Gasteiger partial charge in [-0.05, 0) is 24.3 Å². The van der Waals surface area contributed by atoms with E-state index in [0.29, 0.717) is 0 Å². The Morgan fingerprint density at radius 3 is 1.80 bits per heavy atom. The van der Waals surface area contributed by atoms with E-state index < -0.39 is 0 Å². The molecule has 0 radical (unpaired) electrons. The van der Waals surface area contributed by atoms with E-state index in [-0.39, 0.29) is 0 Å². The van der Waals surface area contributed by atoms with E-state index in [0.717, 1.165) is 5.22 Å². The molecule has 0 saturated carbocycles. The summed E-state index contributed by atoms with van der Waals surface area (Å²) < 4.78 is 0. The van der Waals surface area contributed by atoms with Gasteiger partial charge in [0.05, 0.1) is 0 Å². The number of hydrogen-bond acceptors (Lipinski definition) is 1. The van der Waals surface area contributed by atoms with Crippen LogP contribution in [-0.4, -0.2) is 0 Å². The molecule has 1 rings (SSSR count). The zero-order valence-corrected chi connectivity index (χ0v) is 11.0. The van der Waals surface area contributed by atoms with Gasteiger partial charge >= 0.3 is 0 Å². The molecule has 86 valence electrons. The second kappa shape index (κ2) is 10.8. The predicted molar refractivity (Wildman–Crippen MR) is 71.8 cm³/mol. The molecule has 0 saturated heterocycles. The molecule has 0 unspecified atom stereocenters. The maximum Gasteiger partial charge on any atom is 0.00175 e. The van der Waals surface area contributed by atoms with Gasteiger partial charge in [-0.2, -0.15) is 0 Å². The lowest BCUT2D eigenvalue weighted by Crippen LogP contribution is -2.26. The third-order valence-electron chi connectivity index (χ3n) is 1.68. The predicted octanol–water partition coefficient (Wildman–Crippen LogP) is 2.63. The third-order valence-corrected chi connectivity index (χ3v) is 1.68. The number of rotatable bonds is 0. The van der Waals surface area contributed by atoms with E-state index >= 15 is 0 Å². The van der Waals surface area contributed by atoms with Gasteiger partial charge in [-0.25, -0.2) is 0 Å². The first-order chi connectivity index (χ1) is 7.25. The van der Waals surface area contributed by atoms with Crippen LogP contribution in [0.1, 0.15) is 41.5 Å². The standard InChI is InChI=1S/C10H13N.2C2H6/c1-8(2)10-6-4-3-5-9(10)7-11;2*1-2/h3-7H,11H2,1-2H3;2*1-2H3/b9-7-;;. The van der Waals surface area contributed by atoms with Gasteiger partial charge in [-0.3, -0.25) is 0 Å². The van der Waals surface area contributed by atoms with E-state index in [1.54, 1.807) is 6.20 Å². The molecule has 0 bridgehead atoms. The van der Waals surface area contributed by atoms with Gasteiger partial charge in [0.2, 0.25) is 0 Å². The maximum atomic E-state index is 5.45. The van der Waals surface area contributed by atoms with Crippen molar-refractivity contribution in [3.05, 3.63) is 34.7 Å². The van der Waals surface area contributed by atoms with Crippen LogP contribution in [0.15, 0.2) is 24.3 Å². The summed E-state index contributed by atoms with van der Waals surface area (Å²) in [7, 11) is 0. The Morgan fingerprint density at radius 2 is 1.47 bits per heavy atom. The van der Waals surface area contributed by atoms with Gasteiger partial charge in [0.15, 0.2) is 0 Å². The molecular weight excluding hydrogens is 182 g/mol. The van der Waals surface area contributed by atoms with Crippen molar-refractivity contribution in [1.82, 2.24) is 0 Å². The molecule has 0 aliphatic rings. The minimum Gasteiger partial charge on any atom is -0.404 e. The largest absolute Gasteiger partial charge is 0.404 e. The molecule has 0 aliphatic carbocycles. The molecule has 0 spiro atoms. The van der Waals surface area contributed by atoms with Crippen LogP contribution in [-0.2, 0) is 0 Å². The Hall–Kier alpha value is -1.24. The SMILES string of the molecule is CC.CC.CC(C)=c1cccc/c1=C/N. The van der Waals surface area contributed by atoms with Crippen molar-refractivity contribution < 1.29 is 0 Å². The first-order valence-corrected chi connectivity index (χ1v) is 5.70. The fraction of sp³-hybridized carbons (Fsp3) is 0.429. The highest BCUT2D eigenvalue weighted by Crippen LogP contribution is 1.82. The Kier molecular flexibility index (Phi) is 11.7. The molecule has 2 N–H and O–H groups in total. The van der Waals surface area contributed by atoms with Crippen molar-refractivity contribution in [1.29, 1.82) is 0 Å². The summed E-state index contributed by atoms with van der Waals surface area (Å²) >= 11 is 0. The van der Waals surface area contributed by atoms with Gasteiger partial charge in [-0.15, -0.1) is 0 Å². The Bertz CT molecular complexity index is 346. The second-order valence-corrected chi connectivity index (χ2v) is 2.75. The summed E-state index contributed by atoms with van der Waals surface area (Å²) in [6.45, 7) is 12.2. The average molecular weight is 207 g/mol. The minimum atomic E-state index is 1.10. The lowest BCUT2D eigenvalue weighted by Gasteiger charge is -1.91. The van der Waals surface area contributed by atoms with Crippen LogP contribution in [0, 0.1) is 0 Å². The van der Waals surface area contributed by atoms with Crippen LogP contribution in [0.5, 0.6) is 0 Å². The molecule has 0 aromatic heterocycles. The quantitative estimate of drug-likeness (QED) is 0.695. The van der Waals surface area contributed by atoms with Crippen LogP contribution in [0.3, 0.4) is 0 Å². The van der Waals surface area contributed by atoms with Crippen LogP contribution < -0.4 is 16.2 Å². The summed E-state index contributed by atoms with van der Waals surface area (Å²) in [6.07, 6.45) is 1.64. The van der Waals surface area contributed by atoms with Crippen molar-refractivity contribution in [3.8, 4) is 0 Å². The number of benzene rings is 1. The Balaban J connectivity index is 0. The van der Waals surface area contributed by atoms with Gasteiger partial charge < -0.3 is 5.73 Å². The van der Waals surface area contributed by atoms with Gasteiger partial charge in [0.1, 0.15) is 0 Å². The maximum absolute atomic E-state index is 5.45. The average Bonchev–Trinajstić information content (AvgIpc) is 2.34. The molecule has 1 aromatic rings. The lowest BCUT2D eigenvalue weighted by molar-refractivity contribution is 1.42. The molecule has 1 aromatic carbocycles. The van der Waals surface area contributed by atoms with E-state index in [9.17, 15) is 0 Å². The summed E-state index contributed by atoms with van der Waals surface area (Å²) in [6, 6.07) is 8.11. The minimum absolute atomic E-state index is 1.10. The first kappa shape index (κ1) is 16.2. The summed E-state index contributed by atoms with van der Waals surface area (Å²) in [5.74, 6) is 0. The Labute approximate surface area is 94.3 Å². The monoisotopic (exact) mass is 207 g/mol. The molecule has 15 heavy (non-hydrogen) atoms. The van der Waals surface area contributed by atoms with E-state index in [2.05, 4.69) is 19.9 Å². The van der Waals surface area contributed by atoms with Crippen LogP contribution >= 0.6 is 0 Å². The van der Waals surface area contributed by atoms with E-state index in [1.165, 1.54) is 10.8 Å². The van der Waals surface area contributed by atoms with Crippen molar-refractivity contribution in [2.75, 3.05) is 0 Å².